The van der Waals surface area contributed by atoms with E-state index in [1.807, 2.05) is 52.0 Å². The molecule has 0 spiro atoms. The van der Waals surface area contributed by atoms with Crippen molar-refractivity contribution < 1.29 is 17.9 Å². The second-order valence-corrected chi connectivity index (χ2v) is 11.3. The highest BCUT2D eigenvalue weighted by Crippen LogP contribution is 2.40. The van der Waals surface area contributed by atoms with Gasteiger partial charge in [-0.1, -0.05) is 46.7 Å². The Bertz CT molecular complexity index is 1280. The van der Waals surface area contributed by atoms with Crippen LogP contribution in [0.15, 0.2) is 46.8 Å². The number of carbonyl (C=O) groups excluding carboxylic acids is 1. The highest BCUT2D eigenvalue weighted by atomic mass is 32.2. The van der Waals surface area contributed by atoms with Crippen LogP contribution in [-0.4, -0.2) is 30.1 Å². The summed E-state index contributed by atoms with van der Waals surface area (Å²) >= 11 is 0.804. The van der Waals surface area contributed by atoms with Gasteiger partial charge in [0.2, 0.25) is 9.47 Å². The Kier molecular flexibility index (Phi) is 5.78. The summed E-state index contributed by atoms with van der Waals surface area (Å²) in [7, 11) is -3.96. The minimum atomic E-state index is -3.96. The molecule has 32 heavy (non-hydrogen) atoms. The van der Waals surface area contributed by atoms with Crippen LogP contribution in [0.5, 0.6) is 5.75 Å². The van der Waals surface area contributed by atoms with E-state index in [-0.39, 0.29) is 15.4 Å². The molecule has 2 aromatic carbocycles. The maximum atomic E-state index is 13.1. The van der Waals surface area contributed by atoms with Crippen LogP contribution in [0.2, 0.25) is 0 Å². The summed E-state index contributed by atoms with van der Waals surface area (Å²) in [5, 5.41) is 10.4. The summed E-state index contributed by atoms with van der Waals surface area (Å²) in [6, 6.07) is 12.3. The fourth-order valence-corrected chi connectivity index (χ4v) is 5.77. The van der Waals surface area contributed by atoms with Crippen LogP contribution >= 0.6 is 11.3 Å². The number of nitrogens with one attached hydrogen (secondary N) is 2. The second kappa shape index (κ2) is 8.27. The van der Waals surface area contributed by atoms with Gasteiger partial charge in [0.1, 0.15) is 11.4 Å². The van der Waals surface area contributed by atoms with Crippen LogP contribution in [0, 0.1) is 13.8 Å². The molecule has 0 saturated carbocycles. The van der Waals surface area contributed by atoms with E-state index < -0.39 is 21.7 Å². The number of benzene rings is 2. The van der Waals surface area contributed by atoms with Crippen LogP contribution in [-0.2, 0) is 10.0 Å². The fourth-order valence-electron chi connectivity index (χ4n) is 3.64. The number of amides is 1. The maximum Gasteiger partial charge on any atom is 0.270 e. The molecule has 0 aliphatic carbocycles. The van der Waals surface area contributed by atoms with Crippen LogP contribution in [0.1, 0.15) is 53.4 Å². The molecule has 8 nitrogen and oxygen atoms in total. The number of hydrogen-bond acceptors (Lipinski definition) is 7. The second-order valence-electron chi connectivity index (χ2n) is 8.48. The molecule has 168 valence electrons. The lowest BCUT2D eigenvalue weighted by Gasteiger charge is -2.37. The Hall–Kier alpha value is -2.82. The summed E-state index contributed by atoms with van der Waals surface area (Å²) in [5.41, 5.74) is 2.65. The maximum absolute atomic E-state index is 13.1. The number of hydrogen-bond donors (Lipinski definition) is 2. The number of fused-ring (bicyclic) bond motifs is 1. The molecule has 2 N–H and O–H groups in total. The molecule has 0 saturated heterocycles. The first kappa shape index (κ1) is 22.4. The Labute approximate surface area is 191 Å². The van der Waals surface area contributed by atoms with Gasteiger partial charge in [-0.25, -0.2) is 13.1 Å². The molecule has 1 amide bonds. The molecule has 1 aliphatic rings. The first-order chi connectivity index (χ1) is 15.0. The van der Waals surface area contributed by atoms with Gasteiger partial charge in [-0.3, -0.25) is 10.1 Å². The van der Waals surface area contributed by atoms with Crippen molar-refractivity contribution in [3.63, 3.8) is 0 Å². The summed E-state index contributed by atoms with van der Waals surface area (Å²) in [4.78, 5) is 12.4. The van der Waals surface area contributed by atoms with Crippen molar-refractivity contribution >= 4 is 32.4 Å². The molecule has 4 rings (SSSR count). The van der Waals surface area contributed by atoms with Gasteiger partial charge in [-0.15, -0.1) is 10.2 Å². The van der Waals surface area contributed by atoms with Crippen LogP contribution in [0.4, 0.5) is 5.13 Å². The van der Waals surface area contributed by atoms with E-state index in [0.29, 0.717) is 17.7 Å². The summed E-state index contributed by atoms with van der Waals surface area (Å²) in [5.74, 6) is 0.278. The molecule has 1 aliphatic heterocycles. The van der Waals surface area contributed by atoms with Crippen molar-refractivity contribution in [2.24, 2.45) is 0 Å². The van der Waals surface area contributed by atoms with Gasteiger partial charge in [0, 0.05) is 17.5 Å². The van der Waals surface area contributed by atoms with Crippen LogP contribution in [0.25, 0.3) is 0 Å². The van der Waals surface area contributed by atoms with Gasteiger partial charge < -0.3 is 4.74 Å². The normalized spacial score (nSPS) is 17.3. The average molecular weight is 473 g/mol. The molecule has 1 unspecified atom stereocenters. The summed E-state index contributed by atoms with van der Waals surface area (Å²) in [6.07, 6.45) is 0.457. The average Bonchev–Trinajstić information content (AvgIpc) is 3.17. The lowest BCUT2D eigenvalue weighted by molar-refractivity contribution is 0.0701. The molecule has 3 aromatic rings. The number of aryl methyl sites for hydroxylation is 2. The number of rotatable bonds is 5. The molecular formula is C22H24N4O4S2. The largest absolute Gasteiger partial charge is 0.487 e. The standard InChI is InChI=1S/C22H24N4O4S2/c1-13-6-5-7-15(10-13)19(27)23-20-24-25-21(31-20)32(28,29)26-17-12-22(3,4)30-18-9-8-14(2)11-16(17)18/h5-11,17,26H,12H2,1-4H3,(H,23,24,27). The molecular weight excluding hydrogens is 448 g/mol. The SMILES string of the molecule is Cc1cccc(C(=O)Nc2nnc(S(=O)(=O)NC3CC(C)(C)Oc4ccc(C)cc43)s2)c1. The van der Waals surface area contributed by atoms with Crippen molar-refractivity contribution in [2.45, 2.75) is 50.1 Å². The van der Waals surface area contributed by atoms with Gasteiger partial charge in [-0.05, 0) is 45.9 Å². The van der Waals surface area contributed by atoms with E-state index in [2.05, 4.69) is 20.2 Å². The Morgan fingerprint density at radius 3 is 2.62 bits per heavy atom. The van der Waals surface area contributed by atoms with Crippen molar-refractivity contribution in [3.05, 3.63) is 64.7 Å². The van der Waals surface area contributed by atoms with Gasteiger partial charge in [0.15, 0.2) is 0 Å². The molecule has 0 bridgehead atoms. The van der Waals surface area contributed by atoms with Crippen molar-refractivity contribution in [2.75, 3.05) is 5.32 Å². The molecule has 1 aromatic heterocycles. The van der Waals surface area contributed by atoms with Crippen LogP contribution < -0.4 is 14.8 Å². The molecule has 0 radical (unpaired) electrons. The number of aromatic nitrogens is 2. The van der Waals surface area contributed by atoms with E-state index in [9.17, 15) is 13.2 Å². The number of carbonyl (C=O) groups is 1. The highest BCUT2D eigenvalue weighted by Gasteiger charge is 2.37. The summed E-state index contributed by atoms with van der Waals surface area (Å²) in [6.45, 7) is 7.66. The summed E-state index contributed by atoms with van der Waals surface area (Å²) < 4.78 is 34.7. The Morgan fingerprint density at radius 2 is 1.88 bits per heavy atom. The molecule has 10 heteroatoms. The van der Waals surface area contributed by atoms with Gasteiger partial charge >= 0.3 is 0 Å². The monoisotopic (exact) mass is 472 g/mol. The van der Waals surface area contributed by atoms with E-state index >= 15 is 0 Å². The minimum Gasteiger partial charge on any atom is -0.487 e. The van der Waals surface area contributed by atoms with Gasteiger partial charge in [0.25, 0.3) is 15.9 Å². The van der Waals surface area contributed by atoms with Crippen molar-refractivity contribution in [1.82, 2.24) is 14.9 Å². The number of nitrogens with zero attached hydrogens (tertiary/aromatic N) is 2. The molecule has 0 fully saturated rings. The predicted molar refractivity (Wildman–Crippen MR) is 123 cm³/mol. The van der Waals surface area contributed by atoms with E-state index in [0.717, 1.165) is 28.0 Å². The van der Waals surface area contributed by atoms with Crippen molar-refractivity contribution in [1.29, 1.82) is 0 Å². The fraction of sp³-hybridized carbons (Fsp3) is 0.318. The predicted octanol–water partition coefficient (Wildman–Crippen LogP) is 3.99. The Morgan fingerprint density at radius 1 is 1.12 bits per heavy atom. The van der Waals surface area contributed by atoms with Gasteiger partial charge in [-0.2, -0.15) is 0 Å². The molecule has 2 heterocycles. The number of sulfonamides is 1. The third-order valence-corrected chi connectivity index (χ3v) is 7.73. The zero-order chi connectivity index (χ0) is 23.1. The quantitative estimate of drug-likeness (QED) is 0.544. The van der Waals surface area contributed by atoms with Gasteiger partial charge in [0.05, 0.1) is 6.04 Å². The third-order valence-electron chi connectivity index (χ3n) is 5.06. The van der Waals surface area contributed by atoms with E-state index in [4.69, 9.17) is 4.74 Å². The van der Waals surface area contributed by atoms with Crippen molar-refractivity contribution in [3.8, 4) is 5.75 Å². The Balaban J connectivity index is 1.54. The lowest BCUT2D eigenvalue weighted by atomic mass is 9.89. The highest BCUT2D eigenvalue weighted by molar-refractivity contribution is 7.91. The minimum absolute atomic E-state index is 0.112. The number of ether oxygens (including phenoxy) is 1. The lowest BCUT2D eigenvalue weighted by Crippen LogP contribution is -2.41. The third kappa shape index (κ3) is 4.82. The van der Waals surface area contributed by atoms with E-state index in [1.54, 1.807) is 18.2 Å². The smallest absolute Gasteiger partial charge is 0.270 e. The first-order valence-corrected chi connectivity index (χ1v) is 12.4. The zero-order valence-electron chi connectivity index (χ0n) is 18.2. The first-order valence-electron chi connectivity index (χ1n) is 10.1. The topological polar surface area (TPSA) is 110 Å². The van der Waals surface area contributed by atoms with Crippen LogP contribution in [0.3, 0.4) is 0 Å². The number of anilines is 1. The zero-order valence-corrected chi connectivity index (χ0v) is 19.8. The molecule has 1 atom stereocenters. The van der Waals surface area contributed by atoms with E-state index in [1.165, 1.54) is 0 Å².